The third kappa shape index (κ3) is 3.81. The van der Waals surface area contributed by atoms with Crippen LogP contribution in [0.5, 0.6) is 0 Å². The lowest BCUT2D eigenvalue weighted by Gasteiger charge is -2.29. The maximum absolute atomic E-state index is 13.0. The second-order valence-electron chi connectivity index (χ2n) is 7.56. The zero-order chi connectivity index (χ0) is 19.5. The van der Waals surface area contributed by atoms with Gasteiger partial charge in [0.15, 0.2) is 0 Å². The van der Waals surface area contributed by atoms with E-state index in [-0.39, 0.29) is 23.9 Å². The SMILES string of the molecule is O=C([C@@H]1CCCN1C(=O)CCC1=Cc2ccccc2C1)N1CSC[C@H]1C=NO. The first-order chi connectivity index (χ1) is 13.7. The molecule has 0 radical (unpaired) electrons. The molecule has 4 rings (SSSR count). The third-order valence-electron chi connectivity index (χ3n) is 5.79. The van der Waals surface area contributed by atoms with E-state index in [4.69, 9.17) is 5.21 Å². The van der Waals surface area contributed by atoms with Gasteiger partial charge in [-0.3, -0.25) is 9.59 Å². The molecule has 0 unspecified atom stereocenters. The molecule has 7 heteroatoms. The van der Waals surface area contributed by atoms with Gasteiger partial charge >= 0.3 is 0 Å². The highest BCUT2D eigenvalue weighted by Gasteiger charge is 2.39. The summed E-state index contributed by atoms with van der Waals surface area (Å²) in [6, 6.07) is 7.76. The Morgan fingerprint density at radius 1 is 1.29 bits per heavy atom. The number of rotatable bonds is 5. The Morgan fingerprint density at radius 2 is 2.14 bits per heavy atom. The number of benzene rings is 1. The van der Waals surface area contributed by atoms with E-state index >= 15 is 0 Å². The van der Waals surface area contributed by atoms with Gasteiger partial charge in [0, 0.05) is 18.7 Å². The number of nitrogens with zero attached hydrogens (tertiary/aromatic N) is 3. The second kappa shape index (κ2) is 8.39. The van der Waals surface area contributed by atoms with Gasteiger partial charge in [-0.15, -0.1) is 11.8 Å². The first kappa shape index (κ1) is 19.1. The normalized spacial score (nSPS) is 24.1. The Hall–Kier alpha value is -2.28. The number of hydrogen-bond donors (Lipinski definition) is 1. The predicted molar refractivity (Wildman–Crippen MR) is 110 cm³/mol. The van der Waals surface area contributed by atoms with Gasteiger partial charge in [0.2, 0.25) is 11.8 Å². The van der Waals surface area contributed by atoms with Crippen LogP contribution in [-0.2, 0) is 16.0 Å². The molecule has 1 aromatic carbocycles. The summed E-state index contributed by atoms with van der Waals surface area (Å²) in [6.07, 6.45) is 7.26. The quantitative estimate of drug-likeness (QED) is 0.469. The number of fused-ring (bicyclic) bond motifs is 1. The molecule has 1 aromatic rings. The summed E-state index contributed by atoms with van der Waals surface area (Å²) < 4.78 is 0. The van der Waals surface area contributed by atoms with Crippen LogP contribution in [0.4, 0.5) is 0 Å². The average Bonchev–Trinajstić information content (AvgIpc) is 3.44. The number of hydrogen-bond acceptors (Lipinski definition) is 5. The number of carbonyl (C=O) groups is 2. The van der Waals surface area contributed by atoms with Crippen LogP contribution in [0.3, 0.4) is 0 Å². The zero-order valence-electron chi connectivity index (χ0n) is 15.8. The topological polar surface area (TPSA) is 73.2 Å². The molecule has 148 valence electrons. The highest BCUT2D eigenvalue weighted by atomic mass is 32.2. The van der Waals surface area contributed by atoms with Crippen molar-refractivity contribution in [3.05, 3.63) is 41.0 Å². The summed E-state index contributed by atoms with van der Waals surface area (Å²) >= 11 is 1.64. The number of thioether (sulfide) groups is 1. The van der Waals surface area contributed by atoms with Crippen LogP contribution in [0.2, 0.25) is 0 Å². The number of allylic oxidation sites excluding steroid dienone is 1. The highest BCUT2D eigenvalue weighted by Crippen LogP contribution is 2.29. The summed E-state index contributed by atoms with van der Waals surface area (Å²) in [7, 11) is 0. The molecule has 2 saturated heterocycles. The Morgan fingerprint density at radius 3 is 2.96 bits per heavy atom. The standard InChI is InChI=1S/C21H25N3O3S/c25-20(8-7-15-10-16-4-1-2-5-17(16)11-15)23-9-3-6-19(23)21(26)24-14-28-13-18(24)12-22-27/h1-2,4-5,10,12,18-19,27H,3,6-9,11,13-14H2/t18-,19+/m1/s1. The first-order valence-electron chi connectivity index (χ1n) is 9.80. The van der Waals surface area contributed by atoms with Gasteiger partial charge in [0.1, 0.15) is 6.04 Å². The molecule has 1 N–H and O–H groups in total. The molecule has 2 amide bonds. The molecule has 1 aliphatic carbocycles. The third-order valence-corrected chi connectivity index (χ3v) is 6.83. The van der Waals surface area contributed by atoms with Gasteiger partial charge in [0.25, 0.3) is 0 Å². The van der Waals surface area contributed by atoms with Crippen LogP contribution in [0, 0.1) is 0 Å². The lowest BCUT2D eigenvalue weighted by atomic mass is 10.1. The fourth-order valence-corrected chi connectivity index (χ4v) is 5.45. The van der Waals surface area contributed by atoms with E-state index in [1.165, 1.54) is 22.9 Å². The maximum atomic E-state index is 13.0. The van der Waals surface area contributed by atoms with Gasteiger partial charge in [-0.1, -0.05) is 41.1 Å². The van der Waals surface area contributed by atoms with E-state index in [0.717, 1.165) is 25.0 Å². The van der Waals surface area contributed by atoms with Gasteiger partial charge in [-0.25, -0.2) is 0 Å². The van der Waals surface area contributed by atoms with Crippen LogP contribution in [-0.4, -0.2) is 63.3 Å². The minimum atomic E-state index is -0.379. The largest absolute Gasteiger partial charge is 0.411 e. The average molecular weight is 400 g/mol. The molecule has 2 atom stereocenters. The van der Waals surface area contributed by atoms with Crippen molar-refractivity contribution in [1.29, 1.82) is 0 Å². The summed E-state index contributed by atoms with van der Waals surface area (Å²) in [5, 5.41) is 11.9. The smallest absolute Gasteiger partial charge is 0.246 e. The molecule has 3 aliphatic rings. The number of oxime groups is 1. The van der Waals surface area contributed by atoms with Crippen LogP contribution in [0.1, 0.15) is 36.8 Å². The monoisotopic (exact) mass is 399 g/mol. The molecule has 0 spiro atoms. The van der Waals surface area contributed by atoms with E-state index in [0.29, 0.717) is 25.3 Å². The molecule has 0 saturated carbocycles. The van der Waals surface area contributed by atoms with Crippen molar-refractivity contribution in [3.8, 4) is 0 Å². The van der Waals surface area contributed by atoms with Crippen molar-refractivity contribution in [2.24, 2.45) is 5.16 Å². The van der Waals surface area contributed by atoms with Crippen LogP contribution >= 0.6 is 11.8 Å². The minimum Gasteiger partial charge on any atom is -0.411 e. The Kier molecular flexibility index (Phi) is 5.71. The molecule has 0 bridgehead atoms. The fraction of sp³-hybridized carbons (Fsp3) is 0.476. The Labute approximate surface area is 169 Å². The second-order valence-corrected chi connectivity index (χ2v) is 8.56. The molecular formula is C21H25N3O3S. The molecule has 2 fully saturated rings. The Bertz CT molecular complexity index is 823. The lowest BCUT2D eigenvalue weighted by Crippen LogP contribution is -2.50. The number of likely N-dealkylation sites (tertiary alicyclic amines) is 1. The summed E-state index contributed by atoms with van der Waals surface area (Å²) in [6.45, 7) is 0.647. The predicted octanol–water partition coefficient (Wildman–Crippen LogP) is 2.76. The summed E-state index contributed by atoms with van der Waals surface area (Å²) in [5.74, 6) is 1.35. The van der Waals surface area contributed by atoms with Crippen molar-refractivity contribution < 1.29 is 14.8 Å². The van der Waals surface area contributed by atoms with E-state index < -0.39 is 0 Å². The molecule has 2 aliphatic heterocycles. The molecule has 6 nitrogen and oxygen atoms in total. The van der Waals surface area contributed by atoms with Gasteiger partial charge in [-0.05, 0) is 36.8 Å². The maximum Gasteiger partial charge on any atom is 0.246 e. The van der Waals surface area contributed by atoms with Crippen molar-refractivity contribution in [2.75, 3.05) is 18.2 Å². The van der Waals surface area contributed by atoms with E-state index in [1.807, 2.05) is 12.1 Å². The van der Waals surface area contributed by atoms with Crippen molar-refractivity contribution in [2.45, 2.75) is 44.2 Å². The zero-order valence-corrected chi connectivity index (χ0v) is 16.6. The molecule has 28 heavy (non-hydrogen) atoms. The lowest BCUT2D eigenvalue weighted by molar-refractivity contribution is -0.143. The van der Waals surface area contributed by atoms with Crippen LogP contribution < -0.4 is 0 Å². The van der Waals surface area contributed by atoms with E-state index in [2.05, 4.69) is 23.4 Å². The van der Waals surface area contributed by atoms with Crippen LogP contribution in [0.25, 0.3) is 6.08 Å². The first-order valence-corrected chi connectivity index (χ1v) is 11.0. The van der Waals surface area contributed by atoms with Gasteiger partial charge in [0.05, 0.1) is 18.1 Å². The number of carbonyl (C=O) groups excluding carboxylic acids is 2. The van der Waals surface area contributed by atoms with E-state index in [9.17, 15) is 9.59 Å². The van der Waals surface area contributed by atoms with Gasteiger partial charge in [-0.2, -0.15) is 0 Å². The van der Waals surface area contributed by atoms with Crippen molar-refractivity contribution in [1.82, 2.24) is 9.80 Å². The molecular weight excluding hydrogens is 374 g/mol. The van der Waals surface area contributed by atoms with Gasteiger partial charge < -0.3 is 15.0 Å². The Balaban J connectivity index is 1.36. The molecule has 2 heterocycles. The summed E-state index contributed by atoms with van der Waals surface area (Å²) in [5.41, 5.74) is 3.86. The minimum absolute atomic E-state index is 0.0202. The highest BCUT2D eigenvalue weighted by molar-refractivity contribution is 7.99. The fourth-order valence-electron chi connectivity index (χ4n) is 4.32. The number of amides is 2. The van der Waals surface area contributed by atoms with E-state index in [1.54, 1.807) is 21.6 Å². The van der Waals surface area contributed by atoms with Crippen molar-refractivity contribution >= 4 is 35.9 Å². The van der Waals surface area contributed by atoms with Crippen LogP contribution in [0.15, 0.2) is 35.0 Å². The van der Waals surface area contributed by atoms with Crippen molar-refractivity contribution in [3.63, 3.8) is 0 Å². The summed E-state index contributed by atoms with van der Waals surface area (Å²) in [4.78, 5) is 29.4. The molecule has 0 aromatic heterocycles.